The van der Waals surface area contributed by atoms with Crippen LogP contribution >= 0.6 is 0 Å². The van der Waals surface area contributed by atoms with Gasteiger partial charge < -0.3 is 5.32 Å². The highest BCUT2D eigenvalue weighted by Gasteiger charge is 2.09. The molecular weight excluding hydrogens is 260 g/mol. The van der Waals surface area contributed by atoms with E-state index in [1.165, 1.54) is 17.1 Å². The number of carbonyl (C=O) groups excluding carboxylic acids is 1. The molecule has 7 heteroatoms. The van der Waals surface area contributed by atoms with E-state index in [0.717, 1.165) is 11.3 Å². The van der Waals surface area contributed by atoms with Gasteiger partial charge in [0, 0.05) is 18.7 Å². The first kappa shape index (κ1) is 13.7. The van der Waals surface area contributed by atoms with Crippen LogP contribution in [0.4, 0.5) is 11.4 Å². The van der Waals surface area contributed by atoms with E-state index in [1.807, 2.05) is 31.2 Å². The number of anilines is 1. The molecule has 0 saturated heterocycles. The average Bonchev–Trinajstić information content (AvgIpc) is 2.85. The molecule has 0 radical (unpaired) electrons. The predicted octanol–water partition coefficient (Wildman–Crippen LogP) is 2.13. The van der Waals surface area contributed by atoms with Crippen LogP contribution in [0, 0.1) is 17.0 Å². The summed E-state index contributed by atoms with van der Waals surface area (Å²) in [5.41, 5.74) is 1.72. The van der Waals surface area contributed by atoms with Crippen molar-refractivity contribution in [3.63, 3.8) is 0 Å². The lowest BCUT2D eigenvalue weighted by atomic mass is 10.2. The fourth-order valence-corrected chi connectivity index (χ4v) is 1.73. The Labute approximate surface area is 115 Å². The molecule has 0 aliphatic heterocycles. The van der Waals surface area contributed by atoms with Crippen molar-refractivity contribution in [1.82, 2.24) is 9.78 Å². The van der Waals surface area contributed by atoms with Crippen LogP contribution in [0.5, 0.6) is 0 Å². The second-order valence-electron chi connectivity index (χ2n) is 4.39. The van der Waals surface area contributed by atoms with Crippen molar-refractivity contribution in [1.29, 1.82) is 0 Å². The van der Waals surface area contributed by atoms with Crippen molar-refractivity contribution in [3.8, 4) is 0 Å². The van der Waals surface area contributed by atoms with Crippen molar-refractivity contribution >= 4 is 17.3 Å². The van der Waals surface area contributed by atoms with Crippen LogP contribution in [-0.2, 0) is 11.3 Å². The minimum absolute atomic E-state index is 0.0795. The van der Waals surface area contributed by atoms with Crippen LogP contribution in [0.3, 0.4) is 0 Å². The van der Waals surface area contributed by atoms with Gasteiger partial charge in [0.1, 0.15) is 12.4 Å². The quantitative estimate of drug-likeness (QED) is 0.668. The molecule has 0 bridgehead atoms. The first-order chi connectivity index (χ1) is 9.54. The second kappa shape index (κ2) is 5.96. The second-order valence-corrected chi connectivity index (χ2v) is 4.39. The van der Waals surface area contributed by atoms with Gasteiger partial charge in [-0.1, -0.05) is 12.1 Å². The third-order valence-corrected chi connectivity index (χ3v) is 2.70. The van der Waals surface area contributed by atoms with E-state index >= 15 is 0 Å². The monoisotopic (exact) mass is 274 g/mol. The lowest BCUT2D eigenvalue weighted by Gasteiger charge is -2.05. The predicted molar refractivity (Wildman–Crippen MR) is 73.3 cm³/mol. The molecule has 0 unspecified atom stereocenters. The first-order valence-corrected chi connectivity index (χ1v) is 6.08. The summed E-state index contributed by atoms with van der Waals surface area (Å²) in [6.45, 7) is 2.24. The molecule has 1 aromatic carbocycles. The minimum Gasteiger partial charge on any atom is -0.326 e. The van der Waals surface area contributed by atoms with Crippen LogP contribution in [0.2, 0.25) is 0 Å². The standard InChI is InChI=1S/C13H14N4O3/c1-10-3-2-4-11(7-10)15-13(18)5-6-16-9-12(8-14-16)17(19)20/h2-4,7-9H,5-6H2,1H3,(H,15,18). The zero-order chi connectivity index (χ0) is 14.5. The van der Waals surface area contributed by atoms with E-state index in [-0.39, 0.29) is 18.0 Å². The van der Waals surface area contributed by atoms with E-state index in [0.29, 0.717) is 6.54 Å². The van der Waals surface area contributed by atoms with Crippen molar-refractivity contribution in [3.05, 3.63) is 52.3 Å². The molecule has 7 nitrogen and oxygen atoms in total. The summed E-state index contributed by atoms with van der Waals surface area (Å²) in [4.78, 5) is 21.7. The number of carbonyl (C=O) groups is 1. The summed E-state index contributed by atoms with van der Waals surface area (Å²) in [5.74, 6) is -0.159. The van der Waals surface area contributed by atoms with Crippen molar-refractivity contribution < 1.29 is 9.72 Å². The first-order valence-electron chi connectivity index (χ1n) is 6.08. The highest BCUT2D eigenvalue weighted by Crippen LogP contribution is 2.11. The Hall–Kier alpha value is -2.70. The number of aromatic nitrogens is 2. The van der Waals surface area contributed by atoms with Crippen LogP contribution in [0.25, 0.3) is 0 Å². The molecule has 20 heavy (non-hydrogen) atoms. The molecule has 1 aromatic heterocycles. The van der Waals surface area contributed by atoms with Gasteiger partial charge in [-0.15, -0.1) is 0 Å². The topological polar surface area (TPSA) is 90.1 Å². The SMILES string of the molecule is Cc1cccc(NC(=O)CCn2cc([N+](=O)[O-])cn2)c1. The van der Waals surface area contributed by atoms with Crippen LogP contribution in [0.15, 0.2) is 36.7 Å². The smallest absolute Gasteiger partial charge is 0.306 e. The van der Waals surface area contributed by atoms with Crippen LogP contribution in [-0.4, -0.2) is 20.6 Å². The number of aryl methyl sites for hydroxylation is 2. The Kier molecular flexibility index (Phi) is 4.09. The number of amides is 1. The average molecular weight is 274 g/mol. The van der Waals surface area contributed by atoms with E-state index in [9.17, 15) is 14.9 Å². The molecule has 2 aromatic rings. The van der Waals surface area contributed by atoms with Gasteiger partial charge in [0.05, 0.1) is 4.92 Å². The summed E-state index contributed by atoms with van der Waals surface area (Å²) in [6.07, 6.45) is 2.67. The van der Waals surface area contributed by atoms with E-state index in [1.54, 1.807) is 0 Å². The van der Waals surface area contributed by atoms with Gasteiger partial charge in [0.2, 0.25) is 5.91 Å². The summed E-state index contributed by atoms with van der Waals surface area (Å²) < 4.78 is 1.38. The normalized spacial score (nSPS) is 10.2. The Bertz CT molecular complexity index is 636. The van der Waals surface area contributed by atoms with Gasteiger partial charge in [-0.3, -0.25) is 19.6 Å². The minimum atomic E-state index is -0.518. The Balaban J connectivity index is 1.87. The van der Waals surface area contributed by atoms with Crippen LogP contribution in [0.1, 0.15) is 12.0 Å². The zero-order valence-electron chi connectivity index (χ0n) is 10.9. The van der Waals surface area contributed by atoms with Gasteiger partial charge in [-0.2, -0.15) is 5.10 Å². The molecular formula is C13H14N4O3. The third-order valence-electron chi connectivity index (χ3n) is 2.70. The molecule has 0 fully saturated rings. The van der Waals surface area contributed by atoms with Crippen molar-refractivity contribution in [2.75, 3.05) is 5.32 Å². The number of hydrogen-bond donors (Lipinski definition) is 1. The number of rotatable bonds is 5. The summed E-state index contributed by atoms with van der Waals surface area (Å²) in [6, 6.07) is 7.49. The molecule has 1 amide bonds. The Morgan fingerprint density at radius 3 is 2.95 bits per heavy atom. The van der Waals surface area contributed by atoms with Gasteiger partial charge >= 0.3 is 5.69 Å². The van der Waals surface area contributed by atoms with Gasteiger partial charge in [0.25, 0.3) is 0 Å². The van der Waals surface area contributed by atoms with Crippen LogP contribution < -0.4 is 5.32 Å². The number of hydrogen-bond acceptors (Lipinski definition) is 4. The molecule has 0 aliphatic carbocycles. The van der Waals surface area contributed by atoms with E-state index < -0.39 is 4.92 Å². The lowest BCUT2D eigenvalue weighted by molar-refractivity contribution is -0.385. The fraction of sp³-hybridized carbons (Fsp3) is 0.231. The van der Waals surface area contributed by atoms with Gasteiger partial charge in [0.15, 0.2) is 0 Å². The number of nitro groups is 1. The Morgan fingerprint density at radius 2 is 2.30 bits per heavy atom. The number of nitrogens with one attached hydrogen (secondary N) is 1. The zero-order valence-corrected chi connectivity index (χ0v) is 10.9. The van der Waals surface area contributed by atoms with Crippen molar-refractivity contribution in [2.24, 2.45) is 0 Å². The Morgan fingerprint density at radius 1 is 1.50 bits per heavy atom. The summed E-state index contributed by atoms with van der Waals surface area (Å²) in [5, 5.41) is 17.1. The molecule has 1 N–H and O–H groups in total. The van der Waals surface area contributed by atoms with Gasteiger partial charge in [-0.05, 0) is 24.6 Å². The fourth-order valence-electron chi connectivity index (χ4n) is 1.73. The van der Waals surface area contributed by atoms with Crippen molar-refractivity contribution in [2.45, 2.75) is 19.9 Å². The summed E-state index contributed by atoms with van der Waals surface area (Å²) >= 11 is 0. The summed E-state index contributed by atoms with van der Waals surface area (Å²) in [7, 11) is 0. The lowest BCUT2D eigenvalue weighted by Crippen LogP contribution is -2.14. The highest BCUT2D eigenvalue weighted by atomic mass is 16.6. The number of benzene rings is 1. The molecule has 0 saturated carbocycles. The van der Waals surface area contributed by atoms with Gasteiger partial charge in [-0.25, -0.2) is 0 Å². The van der Waals surface area contributed by atoms with E-state index in [2.05, 4.69) is 10.4 Å². The molecule has 0 spiro atoms. The highest BCUT2D eigenvalue weighted by molar-refractivity contribution is 5.90. The molecule has 0 atom stereocenters. The molecule has 0 aliphatic rings. The maximum absolute atomic E-state index is 11.8. The number of nitrogens with zero attached hydrogens (tertiary/aromatic N) is 3. The largest absolute Gasteiger partial charge is 0.326 e. The third kappa shape index (κ3) is 3.64. The van der Waals surface area contributed by atoms with E-state index in [4.69, 9.17) is 0 Å². The maximum atomic E-state index is 11.8. The molecule has 1 heterocycles. The maximum Gasteiger partial charge on any atom is 0.306 e. The molecule has 2 rings (SSSR count). The molecule has 104 valence electrons.